The number of hydrogen-bond donors (Lipinski definition) is 2. The summed E-state index contributed by atoms with van der Waals surface area (Å²) in [4.78, 5) is 4.56. The second-order valence-corrected chi connectivity index (χ2v) is 8.12. The van der Waals surface area contributed by atoms with Crippen LogP contribution in [0.5, 0.6) is 0 Å². The summed E-state index contributed by atoms with van der Waals surface area (Å²) in [5.41, 5.74) is 0.923. The van der Waals surface area contributed by atoms with Gasteiger partial charge in [0.15, 0.2) is 0 Å². The lowest BCUT2D eigenvalue weighted by Crippen LogP contribution is -2.46. The molecule has 1 aliphatic rings. The molecule has 0 aliphatic heterocycles. The summed E-state index contributed by atoms with van der Waals surface area (Å²) in [6, 6.07) is 9.24. The first-order valence-electron chi connectivity index (χ1n) is 7.98. The minimum absolute atomic E-state index is 0.0362. The van der Waals surface area contributed by atoms with E-state index in [1.807, 2.05) is 41.9 Å². The van der Waals surface area contributed by atoms with Crippen LogP contribution in [0.25, 0.3) is 5.69 Å². The zero-order valence-electron chi connectivity index (χ0n) is 13.8. The first-order chi connectivity index (χ1) is 11.3. The number of aryl methyl sites for hydroxylation is 1. The normalized spacial score (nSPS) is 24.9. The highest BCUT2D eigenvalue weighted by Gasteiger charge is 2.34. The molecule has 1 aromatic heterocycles. The van der Waals surface area contributed by atoms with Crippen molar-refractivity contribution in [3.8, 4) is 5.69 Å². The Morgan fingerprint density at radius 2 is 1.96 bits per heavy atom. The number of aliphatic hydroxyl groups is 1. The van der Waals surface area contributed by atoms with E-state index in [0.717, 1.165) is 24.2 Å². The summed E-state index contributed by atoms with van der Waals surface area (Å²) in [7, 11) is -3.37. The van der Waals surface area contributed by atoms with Crippen molar-refractivity contribution in [1.29, 1.82) is 0 Å². The molecule has 3 atom stereocenters. The average Bonchev–Trinajstić information content (AvgIpc) is 2.91. The van der Waals surface area contributed by atoms with E-state index in [-0.39, 0.29) is 5.92 Å². The minimum Gasteiger partial charge on any atom is -0.391 e. The maximum absolute atomic E-state index is 11.5. The Bertz CT molecular complexity index is 804. The van der Waals surface area contributed by atoms with E-state index < -0.39 is 22.2 Å². The number of aromatic nitrogens is 3. The molecule has 24 heavy (non-hydrogen) atoms. The molecular formula is C16H22N4O3S. The smallest absolute Gasteiger partial charge is 0.209 e. The first-order valence-corrected chi connectivity index (χ1v) is 9.87. The second kappa shape index (κ2) is 6.62. The Morgan fingerprint density at radius 1 is 1.25 bits per heavy atom. The molecule has 0 saturated heterocycles. The third-order valence-corrected chi connectivity index (χ3v) is 5.01. The minimum atomic E-state index is -3.37. The Hall–Kier alpha value is -1.77. The Balaban J connectivity index is 1.89. The summed E-state index contributed by atoms with van der Waals surface area (Å²) in [6.45, 7) is 1.84. The lowest BCUT2D eigenvalue weighted by molar-refractivity contribution is 0.0919. The molecule has 0 amide bonds. The average molecular weight is 350 g/mol. The van der Waals surface area contributed by atoms with E-state index in [4.69, 9.17) is 0 Å². The summed E-state index contributed by atoms with van der Waals surface area (Å²) < 4.78 is 27.4. The van der Waals surface area contributed by atoms with Crippen molar-refractivity contribution >= 4 is 10.0 Å². The van der Waals surface area contributed by atoms with Crippen molar-refractivity contribution in [2.24, 2.45) is 0 Å². The van der Waals surface area contributed by atoms with Gasteiger partial charge in [-0.3, -0.25) is 0 Å². The van der Waals surface area contributed by atoms with Gasteiger partial charge in [0.05, 0.1) is 18.0 Å². The predicted octanol–water partition coefficient (Wildman–Crippen LogP) is 1.12. The van der Waals surface area contributed by atoms with Gasteiger partial charge in [-0.1, -0.05) is 18.2 Å². The lowest BCUT2D eigenvalue weighted by atomic mass is 9.83. The van der Waals surface area contributed by atoms with Gasteiger partial charge >= 0.3 is 0 Å². The molecule has 8 heteroatoms. The van der Waals surface area contributed by atoms with Crippen molar-refractivity contribution in [2.45, 2.75) is 44.2 Å². The van der Waals surface area contributed by atoms with Crippen molar-refractivity contribution < 1.29 is 13.5 Å². The summed E-state index contributed by atoms with van der Waals surface area (Å²) in [6.07, 6.45) is 2.20. The van der Waals surface area contributed by atoms with Gasteiger partial charge in [-0.15, -0.1) is 0 Å². The molecule has 1 fully saturated rings. The van der Waals surface area contributed by atoms with Gasteiger partial charge in [-0.2, -0.15) is 5.10 Å². The van der Waals surface area contributed by atoms with Crippen LogP contribution < -0.4 is 4.72 Å². The van der Waals surface area contributed by atoms with E-state index in [1.54, 1.807) is 0 Å². The van der Waals surface area contributed by atoms with Gasteiger partial charge in [-0.05, 0) is 38.3 Å². The highest BCUT2D eigenvalue weighted by Crippen LogP contribution is 2.33. The van der Waals surface area contributed by atoms with Gasteiger partial charge in [-0.25, -0.2) is 22.8 Å². The maximum Gasteiger partial charge on any atom is 0.209 e. The van der Waals surface area contributed by atoms with Gasteiger partial charge in [0, 0.05) is 12.0 Å². The van der Waals surface area contributed by atoms with Crippen LogP contribution in [-0.2, 0) is 10.0 Å². The molecule has 1 heterocycles. The van der Waals surface area contributed by atoms with Gasteiger partial charge < -0.3 is 5.11 Å². The Morgan fingerprint density at radius 3 is 2.62 bits per heavy atom. The van der Waals surface area contributed by atoms with E-state index in [2.05, 4.69) is 14.8 Å². The quantitative estimate of drug-likeness (QED) is 0.861. The number of para-hydroxylation sites is 1. The molecule has 1 aromatic carbocycles. The third kappa shape index (κ3) is 3.82. The van der Waals surface area contributed by atoms with Crippen molar-refractivity contribution in [3.05, 3.63) is 42.0 Å². The number of aliphatic hydroxyl groups excluding tert-OH is 1. The summed E-state index contributed by atoms with van der Waals surface area (Å²) in [5, 5.41) is 14.6. The van der Waals surface area contributed by atoms with Crippen molar-refractivity contribution in [2.75, 3.05) is 6.26 Å². The molecule has 0 radical (unpaired) electrons. The molecule has 0 bridgehead atoms. The first kappa shape index (κ1) is 17.1. The summed E-state index contributed by atoms with van der Waals surface area (Å²) in [5.74, 6) is 1.52. The number of nitrogens with one attached hydrogen (secondary N) is 1. The van der Waals surface area contributed by atoms with Gasteiger partial charge in [0.25, 0.3) is 0 Å². The molecule has 0 spiro atoms. The number of hydrogen-bond acceptors (Lipinski definition) is 5. The fourth-order valence-electron chi connectivity index (χ4n) is 3.25. The molecule has 0 unspecified atom stereocenters. The van der Waals surface area contributed by atoms with Crippen LogP contribution in [0.3, 0.4) is 0 Å². The van der Waals surface area contributed by atoms with E-state index >= 15 is 0 Å². The SMILES string of the molecule is Cc1nc([C@H]2CC[C@@H](O)[C@H](NS(C)(=O)=O)C2)n(-c2ccccc2)n1. The van der Waals surface area contributed by atoms with Crippen LogP contribution in [0.4, 0.5) is 0 Å². The molecule has 7 nitrogen and oxygen atoms in total. The van der Waals surface area contributed by atoms with Crippen LogP contribution in [0.15, 0.2) is 30.3 Å². The van der Waals surface area contributed by atoms with Gasteiger partial charge in [0.2, 0.25) is 10.0 Å². The van der Waals surface area contributed by atoms with Crippen LogP contribution in [0.1, 0.15) is 36.8 Å². The number of nitrogens with zero attached hydrogens (tertiary/aromatic N) is 3. The molecule has 1 aliphatic carbocycles. The Labute approximate surface area is 141 Å². The predicted molar refractivity (Wildman–Crippen MR) is 90.5 cm³/mol. The molecule has 1 saturated carbocycles. The standard InChI is InChI=1S/C16H22N4O3S/c1-11-17-16(20(18-11)13-6-4-3-5-7-13)12-8-9-15(21)14(10-12)19-24(2,22)23/h3-7,12,14-15,19,21H,8-10H2,1-2H3/t12-,14+,15+/m0/s1. The molecule has 2 N–H and O–H groups in total. The number of benzene rings is 1. The highest BCUT2D eigenvalue weighted by atomic mass is 32.2. The van der Waals surface area contributed by atoms with E-state index in [9.17, 15) is 13.5 Å². The van der Waals surface area contributed by atoms with Gasteiger partial charge in [0.1, 0.15) is 11.6 Å². The highest BCUT2D eigenvalue weighted by molar-refractivity contribution is 7.88. The molecular weight excluding hydrogens is 328 g/mol. The van der Waals surface area contributed by atoms with Crippen LogP contribution in [0, 0.1) is 6.92 Å². The fourth-order valence-corrected chi connectivity index (χ4v) is 4.05. The topological polar surface area (TPSA) is 97.1 Å². The monoisotopic (exact) mass is 350 g/mol. The van der Waals surface area contributed by atoms with Crippen LogP contribution >= 0.6 is 0 Å². The summed E-state index contributed by atoms with van der Waals surface area (Å²) >= 11 is 0. The van der Waals surface area contributed by atoms with E-state index in [0.29, 0.717) is 18.7 Å². The lowest BCUT2D eigenvalue weighted by Gasteiger charge is -2.32. The van der Waals surface area contributed by atoms with Crippen LogP contribution in [0.2, 0.25) is 0 Å². The number of sulfonamides is 1. The number of rotatable bonds is 4. The zero-order chi connectivity index (χ0) is 17.3. The third-order valence-electron chi connectivity index (χ3n) is 4.28. The maximum atomic E-state index is 11.5. The molecule has 3 rings (SSSR count). The fraction of sp³-hybridized carbons (Fsp3) is 0.500. The van der Waals surface area contributed by atoms with Crippen molar-refractivity contribution in [1.82, 2.24) is 19.5 Å². The Kier molecular flexibility index (Phi) is 4.71. The largest absolute Gasteiger partial charge is 0.391 e. The second-order valence-electron chi connectivity index (χ2n) is 6.34. The van der Waals surface area contributed by atoms with E-state index in [1.165, 1.54) is 0 Å². The van der Waals surface area contributed by atoms with Crippen LogP contribution in [-0.4, -0.2) is 46.7 Å². The zero-order valence-corrected chi connectivity index (χ0v) is 14.6. The van der Waals surface area contributed by atoms with Crippen molar-refractivity contribution in [3.63, 3.8) is 0 Å². The molecule has 2 aromatic rings. The molecule has 130 valence electrons.